The van der Waals surface area contributed by atoms with Crippen molar-refractivity contribution in [2.45, 2.75) is 6.92 Å². The second-order valence-electron chi connectivity index (χ2n) is 5.30. The maximum Gasteiger partial charge on any atom is 0.136 e. The second-order valence-corrected chi connectivity index (χ2v) is 6.97. The predicted molar refractivity (Wildman–Crippen MR) is 106 cm³/mol. The first-order valence-corrected chi connectivity index (χ1v) is 9.06. The van der Waals surface area contributed by atoms with Crippen LogP contribution >= 0.6 is 34.5 Å². The van der Waals surface area contributed by atoms with Gasteiger partial charge < -0.3 is 5.32 Å². The van der Waals surface area contributed by atoms with Crippen LogP contribution in [0.3, 0.4) is 0 Å². The molecule has 0 bridgehead atoms. The molecule has 2 aromatic carbocycles. The molecule has 0 unspecified atom stereocenters. The molecule has 0 spiro atoms. The van der Waals surface area contributed by atoms with Gasteiger partial charge in [0.05, 0.1) is 15.7 Å². The van der Waals surface area contributed by atoms with Crippen molar-refractivity contribution in [1.29, 1.82) is 5.26 Å². The quantitative estimate of drug-likeness (QED) is 0.528. The zero-order valence-electron chi connectivity index (χ0n) is 13.3. The molecule has 0 amide bonds. The lowest BCUT2D eigenvalue weighted by Gasteiger charge is -2.04. The van der Waals surface area contributed by atoms with Crippen molar-refractivity contribution in [2.75, 3.05) is 5.32 Å². The minimum atomic E-state index is 0.472. The Morgan fingerprint density at radius 3 is 2.72 bits per heavy atom. The van der Waals surface area contributed by atoms with Crippen molar-refractivity contribution in [3.05, 3.63) is 74.7 Å². The van der Waals surface area contributed by atoms with Crippen molar-refractivity contribution in [3.63, 3.8) is 0 Å². The maximum absolute atomic E-state index is 9.46. The summed E-state index contributed by atoms with van der Waals surface area (Å²) in [4.78, 5) is 4.54. The summed E-state index contributed by atoms with van der Waals surface area (Å²) in [6.07, 6.45) is 1.68. The highest BCUT2D eigenvalue weighted by Crippen LogP contribution is 2.30. The van der Waals surface area contributed by atoms with E-state index in [9.17, 15) is 5.26 Å². The molecule has 1 aromatic heterocycles. The van der Waals surface area contributed by atoms with Gasteiger partial charge in [0.15, 0.2) is 0 Å². The predicted octanol–water partition coefficient (Wildman–Crippen LogP) is 6.40. The number of rotatable bonds is 4. The Morgan fingerprint density at radius 1 is 1.20 bits per heavy atom. The first-order valence-electron chi connectivity index (χ1n) is 7.42. The maximum atomic E-state index is 9.46. The summed E-state index contributed by atoms with van der Waals surface area (Å²) in [7, 11) is 0. The van der Waals surface area contributed by atoms with Gasteiger partial charge in [0.2, 0.25) is 0 Å². The van der Waals surface area contributed by atoms with Gasteiger partial charge in [0, 0.05) is 22.8 Å². The molecular formula is C19H13Cl2N3S. The molecule has 0 fully saturated rings. The van der Waals surface area contributed by atoms with E-state index in [4.69, 9.17) is 23.2 Å². The molecule has 6 heteroatoms. The van der Waals surface area contributed by atoms with E-state index in [0.29, 0.717) is 20.6 Å². The fourth-order valence-electron chi connectivity index (χ4n) is 2.21. The summed E-state index contributed by atoms with van der Waals surface area (Å²) in [6.45, 7) is 2.01. The summed E-state index contributed by atoms with van der Waals surface area (Å²) in [5.41, 5.74) is 4.15. The van der Waals surface area contributed by atoms with Crippen molar-refractivity contribution in [2.24, 2.45) is 0 Å². The second kappa shape index (κ2) is 7.71. The number of para-hydroxylation sites is 1. The van der Waals surface area contributed by atoms with Gasteiger partial charge in [0.1, 0.15) is 16.6 Å². The van der Waals surface area contributed by atoms with E-state index in [1.807, 2.05) is 42.6 Å². The van der Waals surface area contributed by atoms with E-state index < -0.39 is 0 Å². The number of nitriles is 1. The number of aryl methyl sites for hydroxylation is 1. The number of hydrogen-bond donors (Lipinski definition) is 1. The fraction of sp³-hybridized carbons (Fsp3) is 0.0526. The van der Waals surface area contributed by atoms with E-state index in [2.05, 4.69) is 16.4 Å². The lowest BCUT2D eigenvalue weighted by molar-refractivity contribution is 1.36. The monoisotopic (exact) mass is 385 g/mol. The highest BCUT2D eigenvalue weighted by Gasteiger charge is 2.10. The minimum Gasteiger partial charge on any atom is -0.360 e. The number of nitrogens with one attached hydrogen (secondary N) is 1. The first-order chi connectivity index (χ1) is 12.1. The van der Waals surface area contributed by atoms with Crippen LogP contribution in [-0.2, 0) is 0 Å². The smallest absolute Gasteiger partial charge is 0.136 e. The standard InChI is InChI=1S/C19H13Cl2N3S/c1-12-4-2-3-5-17(12)23-10-14(9-22)19-24-18(11-25-19)13-6-7-15(20)16(21)8-13/h2-8,10-11,23H,1H3/b14-10+. The highest BCUT2D eigenvalue weighted by molar-refractivity contribution is 7.11. The van der Waals surface area contributed by atoms with E-state index in [0.717, 1.165) is 22.5 Å². The van der Waals surface area contributed by atoms with Gasteiger partial charge in [-0.3, -0.25) is 0 Å². The van der Waals surface area contributed by atoms with Crippen LogP contribution in [0.1, 0.15) is 10.6 Å². The summed E-state index contributed by atoms with van der Waals surface area (Å²) < 4.78 is 0. The number of benzene rings is 2. The van der Waals surface area contributed by atoms with Crippen LogP contribution in [0.4, 0.5) is 5.69 Å². The number of nitrogens with zero attached hydrogens (tertiary/aromatic N) is 2. The molecule has 0 radical (unpaired) electrons. The Balaban J connectivity index is 1.86. The molecule has 124 valence electrons. The van der Waals surface area contributed by atoms with Crippen molar-refractivity contribution in [1.82, 2.24) is 4.98 Å². The average Bonchev–Trinajstić information content (AvgIpc) is 3.09. The van der Waals surface area contributed by atoms with E-state index in [-0.39, 0.29) is 0 Å². The summed E-state index contributed by atoms with van der Waals surface area (Å²) in [6, 6.07) is 15.4. The lowest BCUT2D eigenvalue weighted by atomic mass is 10.2. The van der Waals surface area contributed by atoms with E-state index in [1.165, 1.54) is 11.3 Å². The third-order valence-electron chi connectivity index (χ3n) is 3.59. The van der Waals surface area contributed by atoms with Gasteiger partial charge >= 0.3 is 0 Å². The molecule has 1 N–H and O–H groups in total. The zero-order chi connectivity index (χ0) is 17.8. The summed E-state index contributed by atoms with van der Waals surface area (Å²) >= 11 is 13.4. The van der Waals surface area contributed by atoms with Crippen LogP contribution in [0.15, 0.2) is 54.0 Å². The summed E-state index contributed by atoms with van der Waals surface area (Å²) in [5, 5.41) is 16.1. The first kappa shape index (κ1) is 17.5. The van der Waals surface area contributed by atoms with E-state index in [1.54, 1.807) is 18.3 Å². The van der Waals surface area contributed by atoms with Crippen molar-refractivity contribution in [3.8, 4) is 17.3 Å². The van der Waals surface area contributed by atoms with Crippen LogP contribution in [0, 0.1) is 18.3 Å². The number of halogens is 2. The minimum absolute atomic E-state index is 0.472. The van der Waals surface area contributed by atoms with Crippen LogP contribution < -0.4 is 5.32 Å². The fourth-order valence-corrected chi connectivity index (χ4v) is 3.30. The van der Waals surface area contributed by atoms with Crippen LogP contribution in [0.5, 0.6) is 0 Å². The van der Waals surface area contributed by atoms with Gasteiger partial charge in [-0.1, -0.05) is 47.5 Å². The third-order valence-corrected chi connectivity index (χ3v) is 5.20. The Morgan fingerprint density at radius 2 is 2.00 bits per heavy atom. The molecule has 25 heavy (non-hydrogen) atoms. The van der Waals surface area contributed by atoms with Gasteiger partial charge in [-0.25, -0.2) is 4.98 Å². The molecule has 3 nitrogen and oxygen atoms in total. The number of aromatic nitrogens is 1. The Kier molecular flexibility index (Phi) is 5.40. The average molecular weight is 386 g/mol. The SMILES string of the molecule is Cc1ccccc1N/C=C(\C#N)c1nc(-c2ccc(Cl)c(Cl)c2)cs1. The Hall–Kier alpha value is -2.32. The number of thiazole rings is 1. The molecule has 0 atom stereocenters. The highest BCUT2D eigenvalue weighted by atomic mass is 35.5. The lowest BCUT2D eigenvalue weighted by Crippen LogP contribution is -1.93. The number of allylic oxidation sites excluding steroid dienone is 1. The molecule has 0 aliphatic carbocycles. The molecule has 0 saturated heterocycles. The van der Waals surface area contributed by atoms with Crippen molar-refractivity contribution >= 4 is 45.8 Å². The molecule has 0 aliphatic heterocycles. The zero-order valence-corrected chi connectivity index (χ0v) is 15.6. The largest absolute Gasteiger partial charge is 0.360 e. The van der Waals surface area contributed by atoms with Crippen LogP contribution in [0.25, 0.3) is 16.8 Å². The van der Waals surface area contributed by atoms with Crippen LogP contribution in [0.2, 0.25) is 10.0 Å². The topological polar surface area (TPSA) is 48.7 Å². The molecule has 1 heterocycles. The van der Waals surface area contributed by atoms with Crippen molar-refractivity contribution < 1.29 is 0 Å². The molecular weight excluding hydrogens is 373 g/mol. The third kappa shape index (κ3) is 4.02. The molecule has 3 rings (SSSR count). The van der Waals surface area contributed by atoms with Crippen LogP contribution in [-0.4, -0.2) is 4.98 Å². The Labute approximate surface area is 160 Å². The molecule has 3 aromatic rings. The molecule has 0 saturated carbocycles. The summed E-state index contributed by atoms with van der Waals surface area (Å²) in [5.74, 6) is 0. The number of anilines is 1. The van der Waals surface area contributed by atoms with Gasteiger partial charge in [0.25, 0.3) is 0 Å². The normalized spacial score (nSPS) is 11.2. The van der Waals surface area contributed by atoms with Gasteiger partial charge in [-0.2, -0.15) is 5.26 Å². The Bertz CT molecular complexity index is 986. The van der Waals surface area contributed by atoms with E-state index >= 15 is 0 Å². The number of hydrogen-bond acceptors (Lipinski definition) is 4. The van der Waals surface area contributed by atoms with Gasteiger partial charge in [-0.05, 0) is 30.7 Å². The van der Waals surface area contributed by atoms with Gasteiger partial charge in [-0.15, -0.1) is 11.3 Å². The molecule has 0 aliphatic rings.